The number of aliphatic imine (C=N–C) groups is 2. The van der Waals surface area contributed by atoms with Crippen molar-refractivity contribution in [1.29, 1.82) is 0 Å². The highest BCUT2D eigenvalue weighted by atomic mass is 16.5. The number of carbonyl (C=O) groups excluding carboxylic acids is 2. The van der Waals surface area contributed by atoms with E-state index in [2.05, 4.69) is 9.98 Å². The zero-order chi connectivity index (χ0) is 10.6. The minimum atomic E-state index is -0.841. The summed E-state index contributed by atoms with van der Waals surface area (Å²) in [4.78, 5) is 26.2. The molecule has 0 atom stereocenters. The Morgan fingerprint density at radius 2 is 1.71 bits per heavy atom. The van der Waals surface area contributed by atoms with Gasteiger partial charge in [0.15, 0.2) is 6.17 Å². The van der Waals surface area contributed by atoms with Crippen LogP contribution in [0.5, 0.6) is 0 Å². The first-order valence-electron chi connectivity index (χ1n) is 4.14. The summed E-state index contributed by atoms with van der Waals surface area (Å²) in [5, 5.41) is 0. The Hall–Kier alpha value is -1.32. The summed E-state index contributed by atoms with van der Waals surface area (Å²) in [5.74, 6) is 0. The number of rotatable bonds is 8. The smallest absolute Gasteiger partial charge is 0.237 e. The Labute approximate surface area is 81.6 Å². The summed E-state index contributed by atoms with van der Waals surface area (Å²) >= 11 is 0. The fourth-order valence-corrected chi connectivity index (χ4v) is 0.676. The van der Waals surface area contributed by atoms with Gasteiger partial charge in [-0.15, -0.1) is 0 Å². The first-order chi connectivity index (χ1) is 6.85. The summed E-state index contributed by atoms with van der Waals surface area (Å²) < 4.78 is 10.0. The predicted octanol–water partition coefficient (Wildman–Crippen LogP) is 0.0372. The minimum Gasteiger partial charge on any atom is -0.379 e. The third-order valence-corrected chi connectivity index (χ3v) is 1.25. The molecular formula is C8H12N2O4. The average Bonchev–Trinajstić information content (AvgIpc) is 2.18. The van der Waals surface area contributed by atoms with Crippen molar-refractivity contribution in [3.05, 3.63) is 0 Å². The molecule has 0 aromatic rings. The fraction of sp³-hybridized carbons (Fsp3) is 0.750. The molecule has 0 heterocycles. The summed E-state index contributed by atoms with van der Waals surface area (Å²) in [6.07, 6.45) is 1.75. The second-order valence-corrected chi connectivity index (χ2v) is 2.19. The maximum atomic E-state index is 9.86. The molecule has 78 valence electrons. The van der Waals surface area contributed by atoms with Crippen LogP contribution in [0, 0.1) is 0 Å². The molecule has 0 radical (unpaired) electrons. The van der Waals surface area contributed by atoms with Crippen LogP contribution in [-0.2, 0) is 19.1 Å². The van der Waals surface area contributed by atoms with Gasteiger partial charge >= 0.3 is 0 Å². The molecule has 0 spiro atoms. The van der Waals surface area contributed by atoms with Crippen molar-refractivity contribution in [1.82, 2.24) is 0 Å². The van der Waals surface area contributed by atoms with E-state index in [1.54, 1.807) is 0 Å². The minimum absolute atomic E-state index is 0.0531. The number of nitrogens with zero attached hydrogens (tertiary/aromatic N) is 2. The lowest BCUT2D eigenvalue weighted by molar-refractivity contribution is 0.0484. The van der Waals surface area contributed by atoms with Crippen LogP contribution >= 0.6 is 0 Å². The lowest BCUT2D eigenvalue weighted by Crippen LogP contribution is -2.13. The van der Waals surface area contributed by atoms with Crippen molar-refractivity contribution in [2.24, 2.45) is 9.98 Å². The van der Waals surface area contributed by atoms with Gasteiger partial charge in [-0.05, 0) is 6.92 Å². The predicted molar refractivity (Wildman–Crippen MR) is 47.3 cm³/mol. The molecule has 0 saturated carbocycles. The van der Waals surface area contributed by atoms with E-state index in [9.17, 15) is 9.59 Å². The van der Waals surface area contributed by atoms with Crippen LogP contribution in [0.2, 0.25) is 0 Å². The van der Waals surface area contributed by atoms with Gasteiger partial charge in [0.25, 0.3) is 0 Å². The highest BCUT2D eigenvalue weighted by molar-refractivity contribution is 5.36. The topological polar surface area (TPSA) is 77.3 Å². The van der Waals surface area contributed by atoms with Crippen molar-refractivity contribution in [2.75, 3.05) is 26.4 Å². The molecule has 0 aliphatic heterocycles. The SMILES string of the molecule is CCOCCOCC(N=C=O)N=C=O. The summed E-state index contributed by atoms with van der Waals surface area (Å²) in [5.41, 5.74) is 0. The van der Waals surface area contributed by atoms with E-state index in [4.69, 9.17) is 9.47 Å². The van der Waals surface area contributed by atoms with E-state index in [1.807, 2.05) is 6.92 Å². The van der Waals surface area contributed by atoms with Crippen molar-refractivity contribution in [3.8, 4) is 0 Å². The molecule has 0 rings (SSSR count). The zero-order valence-corrected chi connectivity index (χ0v) is 7.93. The maximum Gasteiger partial charge on any atom is 0.237 e. The van der Waals surface area contributed by atoms with Crippen molar-refractivity contribution in [3.63, 3.8) is 0 Å². The van der Waals surface area contributed by atoms with E-state index in [0.717, 1.165) is 0 Å². The Bertz CT molecular complexity index is 213. The lowest BCUT2D eigenvalue weighted by atomic mass is 10.5. The molecule has 0 saturated heterocycles. The van der Waals surface area contributed by atoms with Crippen LogP contribution < -0.4 is 0 Å². The molecule has 0 N–H and O–H groups in total. The van der Waals surface area contributed by atoms with Crippen LogP contribution in [0.25, 0.3) is 0 Å². The third kappa shape index (κ3) is 7.34. The van der Waals surface area contributed by atoms with Gasteiger partial charge in [-0.2, -0.15) is 9.98 Å². The number of hydrogen-bond acceptors (Lipinski definition) is 6. The molecule has 0 aromatic carbocycles. The Kier molecular flexibility index (Phi) is 8.84. The van der Waals surface area contributed by atoms with Crippen LogP contribution in [0.1, 0.15) is 6.92 Å². The molecule has 0 aromatic heterocycles. The first kappa shape index (κ1) is 12.7. The monoisotopic (exact) mass is 200 g/mol. The molecule has 14 heavy (non-hydrogen) atoms. The molecule has 0 amide bonds. The third-order valence-electron chi connectivity index (χ3n) is 1.25. The van der Waals surface area contributed by atoms with Gasteiger partial charge in [0, 0.05) is 6.61 Å². The number of hydrogen-bond donors (Lipinski definition) is 0. The summed E-state index contributed by atoms with van der Waals surface area (Å²) in [6.45, 7) is 3.37. The van der Waals surface area contributed by atoms with Gasteiger partial charge in [0.05, 0.1) is 19.8 Å². The highest BCUT2D eigenvalue weighted by Crippen LogP contribution is 1.92. The Morgan fingerprint density at radius 1 is 1.14 bits per heavy atom. The van der Waals surface area contributed by atoms with Crippen LogP contribution in [0.3, 0.4) is 0 Å². The van der Waals surface area contributed by atoms with Gasteiger partial charge in [-0.1, -0.05) is 0 Å². The van der Waals surface area contributed by atoms with E-state index in [1.165, 1.54) is 12.2 Å². The van der Waals surface area contributed by atoms with E-state index < -0.39 is 6.17 Å². The van der Waals surface area contributed by atoms with Crippen LogP contribution in [-0.4, -0.2) is 44.8 Å². The number of ether oxygens (including phenoxy) is 2. The van der Waals surface area contributed by atoms with Crippen molar-refractivity contribution < 1.29 is 19.1 Å². The Balaban J connectivity index is 3.61. The van der Waals surface area contributed by atoms with Crippen molar-refractivity contribution in [2.45, 2.75) is 13.1 Å². The fourth-order valence-electron chi connectivity index (χ4n) is 0.676. The van der Waals surface area contributed by atoms with Gasteiger partial charge in [0.1, 0.15) is 0 Å². The Morgan fingerprint density at radius 3 is 2.21 bits per heavy atom. The standard InChI is InChI=1S/C8H12N2O4/c1-2-13-3-4-14-5-8(9-6-11)10-7-12/h8H,2-5H2,1H3. The largest absolute Gasteiger partial charge is 0.379 e. The van der Waals surface area contributed by atoms with Gasteiger partial charge < -0.3 is 9.47 Å². The molecule has 0 unspecified atom stereocenters. The number of isocyanates is 2. The normalized spacial score (nSPS) is 11.2. The summed E-state index contributed by atoms with van der Waals surface area (Å²) in [6, 6.07) is 0. The molecule has 0 aliphatic rings. The first-order valence-corrected chi connectivity index (χ1v) is 4.14. The van der Waals surface area contributed by atoms with Gasteiger partial charge in [0.2, 0.25) is 12.2 Å². The highest BCUT2D eigenvalue weighted by Gasteiger charge is 2.03. The lowest BCUT2D eigenvalue weighted by Gasteiger charge is -2.05. The van der Waals surface area contributed by atoms with Crippen LogP contribution in [0.4, 0.5) is 0 Å². The second-order valence-electron chi connectivity index (χ2n) is 2.19. The molecule has 0 fully saturated rings. The van der Waals surface area contributed by atoms with E-state index in [-0.39, 0.29) is 6.61 Å². The summed E-state index contributed by atoms with van der Waals surface area (Å²) in [7, 11) is 0. The van der Waals surface area contributed by atoms with E-state index >= 15 is 0 Å². The van der Waals surface area contributed by atoms with Crippen molar-refractivity contribution >= 4 is 12.2 Å². The molecule has 0 bridgehead atoms. The average molecular weight is 200 g/mol. The second kappa shape index (κ2) is 9.77. The van der Waals surface area contributed by atoms with Gasteiger partial charge in [-0.25, -0.2) is 9.59 Å². The molecule has 0 aliphatic carbocycles. The molecule has 6 heteroatoms. The maximum absolute atomic E-state index is 9.86. The van der Waals surface area contributed by atoms with Gasteiger partial charge in [-0.3, -0.25) is 0 Å². The van der Waals surface area contributed by atoms with E-state index in [0.29, 0.717) is 19.8 Å². The molecular weight excluding hydrogens is 188 g/mol. The molecule has 6 nitrogen and oxygen atoms in total. The van der Waals surface area contributed by atoms with Crippen LogP contribution in [0.15, 0.2) is 9.98 Å². The zero-order valence-electron chi connectivity index (χ0n) is 7.93. The quantitative estimate of drug-likeness (QED) is 0.315.